The van der Waals surface area contributed by atoms with E-state index in [1.807, 2.05) is 18.2 Å². The topological polar surface area (TPSA) is 46.4 Å². The van der Waals surface area contributed by atoms with E-state index in [0.717, 1.165) is 11.3 Å². The Morgan fingerprint density at radius 1 is 1.20 bits per heavy atom. The standard InChI is InChI=1S/C16H21N3O/c20-16-11-14(18-15-9-5-6-10-19(15)16)12-17-13-7-3-1-2-4-8-13/h5-6,9-11,13,17H,1-4,7-8,12H2. The summed E-state index contributed by atoms with van der Waals surface area (Å²) in [7, 11) is 0. The second-order valence-electron chi connectivity index (χ2n) is 5.58. The molecule has 0 aromatic carbocycles. The zero-order chi connectivity index (χ0) is 13.8. The molecule has 0 amide bonds. The molecule has 20 heavy (non-hydrogen) atoms. The van der Waals surface area contributed by atoms with Gasteiger partial charge in [0, 0.05) is 24.8 Å². The molecule has 0 bridgehead atoms. The molecule has 4 heteroatoms. The van der Waals surface area contributed by atoms with Crippen LogP contribution in [-0.4, -0.2) is 15.4 Å². The van der Waals surface area contributed by atoms with Crippen LogP contribution in [0.15, 0.2) is 35.3 Å². The Hall–Kier alpha value is -1.68. The first-order valence-corrected chi connectivity index (χ1v) is 7.54. The van der Waals surface area contributed by atoms with Gasteiger partial charge in [0.1, 0.15) is 5.65 Å². The fourth-order valence-corrected chi connectivity index (χ4v) is 2.93. The molecule has 2 aromatic rings. The van der Waals surface area contributed by atoms with Gasteiger partial charge in [-0.2, -0.15) is 0 Å². The average molecular weight is 271 g/mol. The van der Waals surface area contributed by atoms with E-state index >= 15 is 0 Å². The molecule has 0 atom stereocenters. The average Bonchev–Trinajstić information content (AvgIpc) is 2.74. The van der Waals surface area contributed by atoms with Crippen LogP contribution in [-0.2, 0) is 6.54 Å². The van der Waals surface area contributed by atoms with Crippen molar-refractivity contribution in [2.75, 3.05) is 0 Å². The lowest BCUT2D eigenvalue weighted by Crippen LogP contribution is -2.29. The van der Waals surface area contributed by atoms with Gasteiger partial charge >= 0.3 is 0 Å². The summed E-state index contributed by atoms with van der Waals surface area (Å²) in [5, 5.41) is 3.56. The van der Waals surface area contributed by atoms with Crippen molar-refractivity contribution in [1.29, 1.82) is 0 Å². The second kappa shape index (κ2) is 6.18. The van der Waals surface area contributed by atoms with E-state index in [-0.39, 0.29) is 5.56 Å². The van der Waals surface area contributed by atoms with Crippen molar-refractivity contribution in [2.24, 2.45) is 0 Å². The largest absolute Gasteiger partial charge is 0.308 e. The van der Waals surface area contributed by atoms with E-state index in [4.69, 9.17) is 0 Å². The highest BCUT2D eigenvalue weighted by Crippen LogP contribution is 2.17. The lowest BCUT2D eigenvalue weighted by atomic mass is 10.1. The van der Waals surface area contributed by atoms with Gasteiger partial charge in [-0.1, -0.05) is 31.7 Å². The van der Waals surface area contributed by atoms with Gasteiger partial charge in [-0.3, -0.25) is 9.20 Å². The molecule has 1 fully saturated rings. The highest BCUT2D eigenvalue weighted by molar-refractivity contribution is 5.37. The molecule has 2 heterocycles. The summed E-state index contributed by atoms with van der Waals surface area (Å²) in [5.74, 6) is 0. The maximum Gasteiger partial charge on any atom is 0.258 e. The first kappa shape index (κ1) is 13.3. The minimum absolute atomic E-state index is 0.00623. The molecule has 2 aromatic heterocycles. The summed E-state index contributed by atoms with van der Waals surface area (Å²) in [6, 6.07) is 7.84. The predicted molar refractivity (Wildman–Crippen MR) is 79.8 cm³/mol. The van der Waals surface area contributed by atoms with E-state index in [9.17, 15) is 4.79 Å². The molecule has 1 aliphatic rings. The van der Waals surface area contributed by atoms with Crippen molar-refractivity contribution in [3.05, 3.63) is 46.5 Å². The Kier molecular flexibility index (Phi) is 4.11. The van der Waals surface area contributed by atoms with E-state index in [2.05, 4.69) is 10.3 Å². The smallest absolute Gasteiger partial charge is 0.258 e. The maximum atomic E-state index is 12.0. The molecule has 1 aliphatic carbocycles. The molecule has 3 rings (SSSR count). The number of pyridine rings is 1. The van der Waals surface area contributed by atoms with Crippen LogP contribution in [0.1, 0.15) is 44.2 Å². The summed E-state index contributed by atoms with van der Waals surface area (Å²) in [5.41, 5.74) is 1.55. The van der Waals surface area contributed by atoms with Crippen LogP contribution in [0.5, 0.6) is 0 Å². The zero-order valence-corrected chi connectivity index (χ0v) is 11.7. The Morgan fingerprint density at radius 2 is 2.00 bits per heavy atom. The molecule has 1 N–H and O–H groups in total. The third-order valence-corrected chi connectivity index (χ3v) is 4.05. The molecule has 4 nitrogen and oxygen atoms in total. The van der Waals surface area contributed by atoms with Crippen LogP contribution < -0.4 is 10.9 Å². The van der Waals surface area contributed by atoms with E-state index in [1.54, 1.807) is 16.7 Å². The van der Waals surface area contributed by atoms with Gasteiger partial charge < -0.3 is 5.32 Å². The van der Waals surface area contributed by atoms with Gasteiger partial charge in [-0.25, -0.2) is 4.98 Å². The van der Waals surface area contributed by atoms with E-state index < -0.39 is 0 Å². The van der Waals surface area contributed by atoms with Gasteiger partial charge in [-0.05, 0) is 25.0 Å². The maximum absolute atomic E-state index is 12.0. The lowest BCUT2D eigenvalue weighted by Gasteiger charge is -2.15. The Morgan fingerprint density at radius 3 is 2.80 bits per heavy atom. The third-order valence-electron chi connectivity index (χ3n) is 4.05. The monoisotopic (exact) mass is 271 g/mol. The Bertz CT molecular complexity index is 627. The van der Waals surface area contributed by atoms with Crippen molar-refractivity contribution in [2.45, 2.75) is 51.1 Å². The number of hydrogen-bond donors (Lipinski definition) is 1. The van der Waals surface area contributed by atoms with Gasteiger partial charge in [0.25, 0.3) is 5.56 Å². The van der Waals surface area contributed by atoms with E-state index in [1.165, 1.54) is 38.5 Å². The van der Waals surface area contributed by atoms with Crippen molar-refractivity contribution in [3.8, 4) is 0 Å². The molecular formula is C16H21N3O. The highest BCUT2D eigenvalue weighted by Gasteiger charge is 2.12. The Labute approximate surface area is 118 Å². The number of fused-ring (bicyclic) bond motifs is 1. The summed E-state index contributed by atoms with van der Waals surface area (Å²) in [6.07, 6.45) is 9.57. The predicted octanol–water partition coefficient (Wildman–Crippen LogP) is 2.51. The van der Waals surface area contributed by atoms with Crippen LogP contribution in [0.3, 0.4) is 0 Å². The molecule has 0 spiro atoms. The number of nitrogens with zero attached hydrogens (tertiary/aromatic N) is 2. The fourth-order valence-electron chi connectivity index (χ4n) is 2.93. The summed E-state index contributed by atoms with van der Waals surface area (Å²) < 4.78 is 1.58. The van der Waals surface area contributed by atoms with Gasteiger partial charge in [-0.15, -0.1) is 0 Å². The first-order valence-electron chi connectivity index (χ1n) is 7.54. The SMILES string of the molecule is O=c1cc(CNC2CCCCCC2)nc2ccccn12. The number of aromatic nitrogens is 2. The fraction of sp³-hybridized carbons (Fsp3) is 0.500. The minimum Gasteiger partial charge on any atom is -0.308 e. The number of rotatable bonds is 3. The molecule has 1 saturated carbocycles. The molecule has 0 saturated heterocycles. The van der Waals surface area contributed by atoms with Crippen molar-refractivity contribution in [3.63, 3.8) is 0 Å². The normalized spacial score (nSPS) is 17.2. The summed E-state index contributed by atoms with van der Waals surface area (Å²) in [6.45, 7) is 0.686. The minimum atomic E-state index is -0.00623. The summed E-state index contributed by atoms with van der Waals surface area (Å²) in [4.78, 5) is 16.5. The highest BCUT2D eigenvalue weighted by atomic mass is 16.1. The molecular weight excluding hydrogens is 250 g/mol. The molecule has 106 valence electrons. The first-order chi connectivity index (χ1) is 9.83. The lowest BCUT2D eigenvalue weighted by molar-refractivity contribution is 0.456. The van der Waals surface area contributed by atoms with Crippen LogP contribution in [0.2, 0.25) is 0 Å². The number of hydrogen-bond acceptors (Lipinski definition) is 3. The number of nitrogens with one attached hydrogen (secondary N) is 1. The zero-order valence-electron chi connectivity index (χ0n) is 11.7. The van der Waals surface area contributed by atoms with Crippen LogP contribution in [0.25, 0.3) is 5.65 Å². The van der Waals surface area contributed by atoms with Gasteiger partial charge in [0.05, 0.1) is 5.69 Å². The van der Waals surface area contributed by atoms with Crippen LogP contribution >= 0.6 is 0 Å². The molecule has 0 radical (unpaired) electrons. The van der Waals surface area contributed by atoms with E-state index in [0.29, 0.717) is 12.6 Å². The van der Waals surface area contributed by atoms with Gasteiger partial charge in [0.15, 0.2) is 0 Å². The summed E-state index contributed by atoms with van der Waals surface area (Å²) >= 11 is 0. The third kappa shape index (κ3) is 3.07. The van der Waals surface area contributed by atoms with Crippen molar-refractivity contribution < 1.29 is 0 Å². The van der Waals surface area contributed by atoms with Crippen LogP contribution in [0.4, 0.5) is 0 Å². The molecule has 0 aliphatic heterocycles. The van der Waals surface area contributed by atoms with Crippen molar-refractivity contribution in [1.82, 2.24) is 14.7 Å². The second-order valence-corrected chi connectivity index (χ2v) is 5.58. The van der Waals surface area contributed by atoms with Crippen molar-refractivity contribution >= 4 is 5.65 Å². The van der Waals surface area contributed by atoms with Crippen LogP contribution in [0, 0.1) is 0 Å². The quantitative estimate of drug-likeness (QED) is 0.873. The molecule has 0 unspecified atom stereocenters. The van der Waals surface area contributed by atoms with Gasteiger partial charge in [0.2, 0.25) is 0 Å². The Balaban J connectivity index is 1.72.